The Hall–Kier alpha value is -1.16. The number of nitrogens with two attached hydrogens (primary N) is 1. The van der Waals surface area contributed by atoms with Crippen LogP contribution in [0, 0.1) is 6.92 Å². The monoisotopic (exact) mass is 234 g/mol. The van der Waals surface area contributed by atoms with Gasteiger partial charge in [-0.15, -0.1) is 0 Å². The summed E-state index contributed by atoms with van der Waals surface area (Å²) in [6.45, 7) is 5.63. The predicted molar refractivity (Wildman–Crippen MR) is 69.9 cm³/mol. The summed E-state index contributed by atoms with van der Waals surface area (Å²) in [5.74, 6) is 1.88. The maximum Gasteiger partial charge on any atom is 0.137 e. The third-order valence-electron chi connectivity index (χ3n) is 3.56. The molecule has 1 fully saturated rings. The second kappa shape index (κ2) is 5.45. The molecule has 4 heteroatoms. The van der Waals surface area contributed by atoms with E-state index in [9.17, 15) is 0 Å². The molecule has 94 valence electrons. The van der Waals surface area contributed by atoms with Gasteiger partial charge in [0.1, 0.15) is 11.6 Å². The Morgan fingerprint density at radius 2 is 2.12 bits per heavy atom. The third kappa shape index (κ3) is 2.57. The zero-order valence-corrected chi connectivity index (χ0v) is 10.8. The Bertz CT molecular complexity index is 372. The van der Waals surface area contributed by atoms with Gasteiger partial charge in [0.2, 0.25) is 0 Å². The molecule has 1 saturated carbocycles. The quantitative estimate of drug-likeness (QED) is 0.866. The third-order valence-corrected chi connectivity index (χ3v) is 3.56. The lowest BCUT2D eigenvalue weighted by Crippen LogP contribution is -2.35. The molecule has 2 N–H and O–H groups in total. The minimum Gasteiger partial charge on any atom is -0.354 e. The number of anilines is 1. The number of hydrogen-bond donors (Lipinski definition) is 1. The van der Waals surface area contributed by atoms with E-state index in [-0.39, 0.29) is 0 Å². The van der Waals surface area contributed by atoms with E-state index in [1.807, 2.05) is 13.1 Å². The molecule has 0 spiro atoms. The fourth-order valence-corrected chi connectivity index (χ4v) is 2.67. The van der Waals surface area contributed by atoms with Gasteiger partial charge in [-0.3, -0.25) is 0 Å². The lowest BCUT2D eigenvalue weighted by Gasteiger charge is -2.30. The van der Waals surface area contributed by atoms with Crippen LogP contribution in [0.25, 0.3) is 0 Å². The first-order chi connectivity index (χ1) is 8.26. The molecule has 1 aliphatic rings. The highest BCUT2D eigenvalue weighted by atomic mass is 15.2. The SMILES string of the molecule is CCN(c1nc(C)ncc1CN)C1CCCC1. The summed E-state index contributed by atoms with van der Waals surface area (Å²) in [4.78, 5) is 11.2. The number of hydrogen-bond acceptors (Lipinski definition) is 4. The lowest BCUT2D eigenvalue weighted by atomic mass is 10.2. The molecular formula is C13H22N4. The molecule has 0 aliphatic heterocycles. The molecule has 0 unspecified atom stereocenters. The van der Waals surface area contributed by atoms with Gasteiger partial charge in [-0.2, -0.15) is 0 Å². The summed E-state index contributed by atoms with van der Waals surface area (Å²) < 4.78 is 0. The molecule has 0 atom stereocenters. The maximum absolute atomic E-state index is 5.79. The fourth-order valence-electron chi connectivity index (χ4n) is 2.67. The second-order valence-corrected chi connectivity index (χ2v) is 4.69. The zero-order valence-electron chi connectivity index (χ0n) is 10.8. The summed E-state index contributed by atoms with van der Waals surface area (Å²) in [5.41, 5.74) is 6.84. The van der Waals surface area contributed by atoms with Crippen molar-refractivity contribution in [1.82, 2.24) is 9.97 Å². The second-order valence-electron chi connectivity index (χ2n) is 4.69. The Kier molecular flexibility index (Phi) is 3.94. The van der Waals surface area contributed by atoms with Crippen LogP contribution in [0.1, 0.15) is 44.0 Å². The van der Waals surface area contributed by atoms with E-state index in [4.69, 9.17) is 5.73 Å². The molecule has 2 rings (SSSR count). The molecular weight excluding hydrogens is 212 g/mol. The maximum atomic E-state index is 5.79. The lowest BCUT2D eigenvalue weighted by molar-refractivity contribution is 0.608. The molecule has 0 saturated heterocycles. The van der Waals surface area contributed by atoms with Gasteiger partial charge in [-0.1, -0.05) is 12.8 Å². The number of rotatable bonds is 4. The van der Waals surface area contributed by atoms with Crippen molar-refractivity contribution in [3.8, 4) is 0 Å². The fraction of sp³-hybridized carbons (Fsp3) is 0.692. The van der Waals surface area contributed by atoms with Crippen molar-refractivity contribution >= 4 is 5.82 Å². The van der Waals surface area contributed by atoms with Gasteiger partial charge < -0.3 is 10.6 Å². The van der Waals surface area contributed by atoms with Crippen LogP contribution >= 0.6 is 0 Å². The predicted octanol–water partition coefficient (Wildman–Crippen LogP) is 2.01. The first kappa shape index (κ1) is 12.3. The van der Waals surface area contributed by atoms with E-state index in [0.29, 0.717) is 12.6 Å². The van der Waals surface area contributed by atoms with Crippen LogP contribution in [0.5, 0.6) is 0 Å². The van der Waals surface area contributed by atoms with E-state index in [1.54, 1.807) is 0 Å². The molecule has 0 aromatic carbocycles. The van der Waals surface area contributed by atoms with Gasteiger partial charge in [-0.25, -0.2) is 9.97 Å². The molecule has 0 bridgehead atoms. The molecule has 0 amide bonds. The Labute approximate surface area is 103 Å². The zero-order chi connectivity index (χ0) is 12.3. The van der Waals surface area contributed by atoms with Gasteiger partial charge >= 0.3 is 0 Å². The van der Waals surface area contributed by atoms with Gasteiger partial charge in [0, 0.05) is 30.9 Å². The van der Waals surface area contributed by atoms with Crippen LogP contribution in [0.15, 0.2) is 6.20 Å². The summed E-state index contributed by atoms with van der Waals surface area (Å²) in [6, 6.07) is 0.639. The number of nitrogens with zero attached hydrogens (tertiary/aromatic N) is 3. The summed E-state index contributed by atoms with van der Waals surface area (Å²) in [6.07, 6.45) is 7.10. The van der Waals surface area contributed by atoms with Gasteiger partial charge in [0.15, 0.2) is 0 Å². The standard InChI is InChI=1S/C13H22N4/c1-3-17(12-6-4-5-7-12)13-11(8-14)9-15-10(2)16-13/h9,12H,3-8,14H2,1-2H3. The van der Waals surface area contributed by atoms with Crippen LogP contribution in [0.4, 0.5) is 5.82 Å². The van der Waals surface area contributed by atoms with E-state index in [1.165, 1.54) is 25.7 Å². The molecule has 1 aliphatic carbocycles. The summed E-state index contributed by atoms with van der Waals surface area (Å²) >= 11 is 0. The molecule has 0 radical (unpaired) electrons. The highest BCUT2D eigenvalue weighted by Crippen LogP contribution is 2.28. The van der Waals surface area contributed by atoms with Gasteiger partial charge in [0.05, 0.1) is 0 Å². The highest BCUT2D eigenvalue weighted by molar-refractivity contribution is 5.47. The first-order valence-corrected chi connectivity index (χ1v) is 6.55. The smallest absolute Gasteiger partial charge is 0.137 e. The van der Waals surface area contributed by atoms with Crippen molar-refractivity contribution in [3.63, 3.8) is 0 Å². The summed E-state index contributed by atoms with van der Waals surface area (Å²) in [7, 11) is 0. The largest absolute Gasteiger partial charge is 0.354 e. The Morgan fingerprint density at radius 1 is 1.41 bits per heavy atom. The van der Waals surface area contributed by atoms with E-state index < -0.39 is 0 Å². The molecule has 17 heavy (non-hydrogen) atoms. The van der Waals surface area contributed by atoms with E-state index in [2.05, 4.69) is 21.8 Å². The van der Waals surface area contributed by atoms with Crippen LogP contribution in [-0.2, 0) is 6.54 Å². The minimum absolute atomic E-state index is 0.513. The van der Waals surface area contributed by atoms with Crippen LogP contribution < -0.4 is 10.6 Å². The van der Waals surface area contributed by atoms with E-state index >= 15 is 0 Å². The topological polar surface area (TPSA) is 55.0 Å². The number of aryl methyl sites for hydroxylation is 1. The Balaban J connectivity index is 2.31. The number of aromatic nitrogens is 2. The average molecular weight is 234 g/mol. The van der Waals surface area contributed by atoms with Crippen molar-refractivity contribution in [3.05, 3.63) is 17.6 Å². The van der Waals surface area contributed by atoms with Gasteiger partial charge in [0.25, 0.3) is 0 Å². The van der Waals surface area contributed by atoms with Crippen LogP contribution in [0.2, 0.25) is 0 Å². The van der Waals surface area contributed by atoms with Crippen molar-refractivity contribution < 1.29 is 0 Å². The van der Waals surface area contributed by atoms with E-state index in [0.717, 1.165) is 23.8 Å². The molecule has 1 aromatic rings. The van der Waals surface area contributed by atoms with Crippen LogP contribution in [0.3, 0.4) is 0 Å². The highest BCUT2D eigenvalue weighted by Gasteiger charge is 2.24. The van der Waals surface area contributed by atoms with Crippen molar-refractivity contribution in [2.24, 2.45) is 5.73 Å². The Morgan fingerprint density at radius 3 is 2.71 bits per heavy atom. The van der Waals surface area contributed by atoms with Crippen molar-refractivity contribution in [2.75, 3.05) is 11.4 Å². The normalized spacial score (nSPS) is 16.4. The van der Waals surface area contributed by atoms with Gasteiger partial charge in [-0.05, 0) is 26.7 Å². The molecule has 4 nitrogen and oxygen atoms in total. The van der Waals surface area contributed by atoms with Crippen molar-refractivity contribution in [2.45, 2.75) is 52.1 Å². The molecule has 1 heterocycles. The molecule has 1 aromatic heterocycles. The van der Waals surface area contributed by atoms with Crippen molar-refractivity contribution in [1.29, 1.82) is 0 Å². The van der Waals surface area contributed by atoms with Crippen LogP contribution in [-0.4, -0.2) is 22.6 Å². The summed E-state index contributed by atoms with van der Waals surface area (Å²) in [5, 5.41) is 0. The minimum atomic E-state index is 0.513. The average Bonchev–Trinajstić information content (AvgIpc) is 2.84. The first-order valence-electron chi connectivity index (χ1n) is 6.55.